The summed E-state index contributed by atoms with van der Waals surface area (Å²) in [5.74, 6) is -2.92. The van der Waals surface area contributed by atoms with Crippen LogP contribution in [0.15, 0.2) is 0 Å². The second-order valence-electron chi connectivity index (χ2n) is 4.57. The molecule has 0 saturated heterocycles. The van der Waals surface area contributed by atoms with Crippen LogP contribution in [0.3, 0.4) is 0 Å². The van der Waals surface area contributed by atoms with Crippen LogP contribution in [0.5, 0.6) is 0 Å². The maximum Gasteiger partial charge on any atom is 0.336 e. The van der Waals surface area contributed by atoms with Crippen LogP contribution >= 0.6 is 0 Å². The lowest BCUT2D eigenvalue weighted by Crippen LogP contribution is -2.41. The van der Waals surface area contributed by atoms with Crippen molar-refractivity contribution >= 4 is 11.9 Å². The second kappa shape index (κ2) is 5.27. The molecule has 0 aliphatic rings. The molecule has 0 fully saturated rings. The lowest BCUT2D eigenvalue weighted by Gasteiger charge is -2.23. The minimum atomic E-state index is -2.25. The van der Waals surface area contributed by atoms with E-state index in [4.69, 9.17) is 10.2 Å². The molecule has 0 heterocycles. The van der Waals surface area contributed by atoms with Gasteiger partial charge in [-0.25, -0.2) is 4.79 Å². The number of rotatable bonds is 7. The number of carbonyl (C=O) groups is 2. The van der Waals surface area contributed by atoms with Gasteiger partial charge in [-0.1, -0.05) is 0 Å². The molecule has 0 aliphatic carbocycles. The van der Waals surface area contributed by atoms with Crippen LogP contribution in [0.2, 0.25) is 0 Å². The van der Waals surface area contributed by atoms with Crippen LogP contribution in [0.25, 0.3) is 0 Å². The predicted octanol–water partition coefficient (Wildman–Crippen LogP) is 0.218. The molecular formula is C10H18O6. The Kier molecular flexibility index (Phi) is 4.89. The lowest BCUT2D eigenvalue weighted by atomic mass is 9.90. The quantitative estimate of drug-likeness (QED) is 0.501. The van der Waals surface area contributed by atoms with Gasteiger partial charge in [0.25, 0.3) is 0 Å². The van der Waals surface area contributed by atoms with Crippen molar-refractivity contribution in [3.63, 3.8) is 0 Å². The molecule has 1 atom stereocenters. The highest BCUT2D eigenvalue weighted by Crippen LogP contribution is 2.22. The first-order chi connectivity index (χ1) is 7.07. The summed E-state index contributed by atoms with van der Waals surface area (Å²) < 4.78 is 0. The van der Waals surface area contributed by atoms with E-state index in [-0.39, 0.29) is 12.8 Å². The Morgan fingerprint density at radius 1 is 1.06 bits per heavy atom. The van der Waals surface area contributed by atoms with E-state index < -0.39 is 29.6 Å². The summed E-state index contributed by atoms with van der Waals surface area (Å²) in [5, 5.41) is 36.2. The van der Waals surface area contributed by atoms with Gasteiger partial charge in [-0.3, -0.25) is 4.79 Å². The van der Waals surface area contributed by atoms with E-state index in [1.54, 1.807) is 13.8 Å². The van der Waals surface area contributed by atoms with Gasteiger partial charge in [0.15, 0.2) is 5.60 Å². The Balaban J connectivity index is 4.35. The van der Waals surface area contributed by atoms with E-state index in [9.17, 15) is 19.8 Å². The molecule has 16 heavy (non-hydrogen) atoms. The lowest BCUT2D eigenvalue weighted by molar-refractivity contribution is -0.166. The normalized spacial score (nSPS) is 15.5. The van der Waals surface area contributed by atoms with Crippen molar-refractivity contribution in [3.8, 4) is 0 Å². The topological polar surface area (TPSA) is 115 Å². The average molecular weight is 234 g/mol. The number of carboxylic acid groups (broad SMARTS) is 2. The summed E-state index contributed by atoms with van der Waals surface area (Å²) in [7, 11) is 0. The van der Waals surface area contributed by atoms with E-state index in [1.807, 2.05) is 0 Å². The largest absolute Gasteiger partial charge is 0.481 e. The molecule has 0 saturated carbocycles. The van der Waals surface area contributed by atoms with Crippen LogP contribution in [-0.4, -0.2) is 43.6 Å². The highest BCUT2D eigenvalue weighted by molar-refractivity contribution is 5.83. The third-order valence-electron chi connectivity index (χ3n) is 2.22. The van der Waals surface area contributed by atoms with Gasteiger partial charge in [0.2, 0.25) is 0 Å². The fourth-order valence-electron chi connectivity index (χ4n) is 1.33. The number of carboxylic acids is 2. The predicted molar refractivity (Wildman–Crippen MR) is 55.0 cm³/mol. The van der Waals surface area contributed by atoms with Gasteiger partial charge in [-0.15, -0.1) is 0 Å². The number of aliphatic hydroxyl groups is 2. The number of hydrogen-bond acceptors (Lipinski definition) is 4. The first-order valence-electron chi connectivity index (χ1n) is 4.97. The van der Waals surface area contributed by atoms with Gasteiger partial charge in [-0.05, 0) is 33.1 Å². The summed E-state index contributed by atoms with van der Waals surface area (Å²) >= 11 is 0. The summed E-state index contributed by atoms with van der Waals surface area (Å²) in [6.45, 7) is 3.12. The zero-order valence-electron chi connectivity index (χ0n) is 9.43. The first kappa shape index (κ1) is 14.9. The maximum atomic E-state index is 10.7. The van der Waals surface area contributed by atoms with Crippen molar-refractivity contribution in [1.29, 1.82) is 0 Å². The molecule has 0 aromatic carbocycles. The molecule has 0 rings (SSSR count). The van der Waals surface area contributed by atoms with Crippen LogP contribution in [0.4, 0.5) is 0 Å². The fourth-order valence-corrected chi connectivity index (χ4v) is 1.33. The Bertz CT molecular complexity index is 267. The molecular weight excluding hydrogens is 216 g/mol. The molecule has 0 aliphatic heterocycles. The number of aliphatic carboxylic acids is 2. The summed E-state index contributed by atoms with van der Waals surface area (Å²) in [4.78, 5) is 21.1. The zero-order chi connectivity index (χ0) is 13.0. The molecule has 0 spiro atoms. The van der Waals surface area contributed by atoms with Crippen LogP contribution in [0, 0.1) is 0 Å². The molecule has 0 bridgehead atoms. The van der Waals surface area contributed by atoms with Crippen LogP contribution in [0.1, 0.15) is 39.5 Å². The van der Waals surface area contributed by atoms with Gasteiger partial charge in [0, 0.05) is 0 Å². The van der Waals surface area contributed by atoms with Crippen LogP contribution in [-0.2, 0) is 9.59 Å². The average Bonchev–Trinajstić information content (AvgIpc) is 1.99. The van der Waals surface area contributed by atoms with E-state index in [0.29, 0.717) is 6.42 Å². The third kappa shape index (κ3) is 5.67. The Hall–Kier alpha value is -1.14. The molecule has 6 nitrogen and oxygen atoms in total. The molecule has 94 valence electrons. The Morgan fingerprint density at radius 3 is 1.88 bits per heavy atom. The maximum absolute atomic E-state index is 10.7. The van der Waals surface area contributed by atoms with Crippen molar-refractivity contribution in [2.24, 2.45) is 0 Å². The van der Waals surface area contributed by atoms with Crippen molar-refractivity contribution in [1.82, 2.24) is 0 Å². The molecule has 6 heteroatoms. The van der Waals surface area contributed by atoms with Crippen molar-refractivity contribution in [2.75, 3.05) is 0 Å². The van der Waals surface area contributed by atoms with Gasteiger partial charge in [0.05, 0.1) is 12.0 Å². The molecule has 0 aromatic rings. The standard InChI is InChI=1S/C10H18O6/c1-9(2,15)4-3-5-10(16,8(13)14)6-7(11)12/h15-16H,3-6H2,1-2H3,(H,11,12)(H,13,14)/t10-/m1/s1. The fraction of sp³-hybridized carbons (Fsp3) is 0.800. The highest BCUT2D eigenvalue weighted by atomic mass is 16.4. The minimum absolute atomic E-state index is 0.196. The van der Waals surface area contributed by atoms with E-state index in [1.165, 1.54) is 0 Å². The SMILES string of the molecule is CC(C)(O)CCC[C@@](O)(CC(=O)O)C(=O)O. The van der Waals surface area contributed by atoms with Crippen molar-refractivity contribution in [3.05, 3.63) is 0 Å². The monoisotopic (exact) mass is 234 g/mol. The van der Waals surface area contributed by atoms with Gasteiger partial charge >= 0.3 is 11.9 Å². The summed E-state index contributed by atoms with van der Waals surface area (Å²) in [6, 6.07) is 0. The van der Waals surface area contributed by atoms with Crippen molar-refractivity contribution < 1.29 is 30.0 Å². The molecule has 0 amide bonds. The Morgan fingerprint density at radius 2 is 1.56 bits per heavy atom. The van der Waals surface area contributed by atoms with Crippen LogP contribution < -0.4 is 0 Å². The summed E-state index contributed by atoms with van der Waals surface area (Å²) in [6.07, 6.45) is -0.505. The first-order valence-corrected chi connectivity index (χ1v) is 4.97. The Labute approximate surface area is 93.5 Å². The molecule has 0 aromatic heterocycles. The molecule has 0 unspecified atom stereocenters. The van der Waals surface area contributed by atoms with E-state index in [0.717, 1.165) is 0 Å². The van der Waals surface area contributed by atoms with Gasteiger partial charge in [-0.2, -0.15) is 0 Å². The minimum Gasteiger partial charge on any atom is -0.481 e. The zero-order valence-corrected chi connectivity index (χ0v) is 9.43. The van der Waals surface area contributed by atoms with Gasteiger partial charge in [0.1, 0.15) is 0 Å². The number of hydrogen-bond donors (Lipinski definition) is 4. The summed E-state index contributed by atoms with van der Waals surface area (Å²) in [5.41, 5.74) is -3.21. The smallest absolute Gasteiger partial charge is 0.336 e. The second-order valence-corrected chi connectivity index (χ2v) is 4.57. The van der Waals surface area contributed by atoms with E-state index >= 15 is 0 Å². The third-order valence-corrected chi connectivity index (χ3v) is 2.22. The van der Waals surface area contributed by atoms with Crippen molar-refractivity contribution in [2.45, 2.75) is 50.7 Å². The van der Waals surface area contributed by atoms with E-state index in [2.05, 4.69) is 0 Å². The van der Waals surface area contributed by atoms with Gasteiger partial charge < -0.3 is 20.4 Å². The molecule has 4 N–H and O–H groups in total. The molecule has 0 radical (unpaired) electrons. The highest BCUT2D eigenvalue weighted by Gasteiger charge is 2.38.